The lowest BCUT2D eigenvalue weighted by atomic mass is 9.89. The molecule has 3 rings (SSSR count). The smallest absolute Gasteiger partial charge is 0.313 e. The third-order valence-corrected chi connectivity index (χ3v) is 5.04. The summed E-state index contributed by atoms with van der Waals surface area (Å²) in [5, 5.41) is 0.590. The van der Waals surface area contributed by atoms with E-state index in [1.807, 2.05) is 68.4 Å². The summed E-state index contributed by atoms with van der Waals surface area (Å²) in [7, 11) is 1.42. The van der Waals surface area contributed by atoms with Gasteiger partial charge in [-0.05, 0) is 25.5 Å². The molecule has 0 aliphatic carbocycles. The van der Waals surface area contributed by atoms with Gasteiger partial charge in [0.25, 0.3) is 0 Å². The fraction of sp³-hybridized carbons (Fsp3) is 0.261. The summed E-state index contributed by atoms with van der Waals surface area (Å²) in [6, 6.07) is 17.3. The number of ether oxygens (including phenoxy) is 1. The standard InChI is InChI=1S/C23H23ClN2O2/c1-4-10-18(23(27)28-3)20-15(2)25-22(17-13-8-9-14-19(17)24)26-21(20)16-11-6-5-7-12-16/h5-9,11-14,18H,4,10H2,1-3H3. The van der Waals surface area contributed by atoms with E-state index in [-0.39, 0.29) is 5.97 Å². The van der Waals surface area contributed by atoms with E-state index in [0.717, 1.165) is 34.5 Å². The molecule has 0 aliphatic heterocycles. The first-order chi connectivity index (χ1) is 13.6. The van der Waals surface area contributed by atoms with Crippen LogP contribution in [0.25, 0.3) is 22.6 Å². The Labute approximate surface area is 170 Å². The van der Waals surface area contributed by atoms with Crippen LogP contribution in [0.2, 0.25) is 5.02 Å². The molecular weight excluding hydrogens is 372 g/mol. The number of aryl methyl sites for hydroxylation is 1. The lowest BCUT2D eigenvalue weighted by molar-refractivity contribution is -0.142. The van der Waals surface area contributed by atoms with Crippen LogP contribution in [0.3, 0.4) is 0 Å². The van der Waals surface area contributed by atoms with Gasteiger partial charge in [-0.25, -0.2) is 9.97 Å². The fourth-order valence-electron chi connectivity index (χ4n) is 3.39. The third-order valence-electron chi connectivity index (χ3n) is 4.71. The summed E-state index contributed by atoms with van der Waals surface area (Å²) in [6.07, 6.45) is 1.52. The predicted octanol–water partition coefficient (Wildman–Crippen LogP) is 5.83. The molecule has 0 amide bonds. The molecule has 3 aromatic rings. The van der Waals surface area contributed by atoms with Gasteiger partial charge in [0.2, 0.25) is 0 Å². The first-order valence-electron chi connectivity index (χ1n) is 9.33. The fourth-order valence-corrected chi connectivity index (χ4v) is 3.61. The van der Waals surface area contributed by atoms with E-state index in [1.54, 1.807) is 0 Å². The number of rotatable bonds is 6. The van der Waals surface area contributed by atoms with Gasteiger partial charge in [-0.1, -0.05) is 67.4 Å². The lowest BCUT2D eigenvalue weighted by Crippen LogP contribution is -2.18. The highest BCUT2D eigenvalue weighted by Crippen LogP contribution is 2.36. The van der Waals surface area contributed by atoms with Crippen LogP contribution in [0.4, 0.5) is 0 Å². The van der Waals surface area contributed by atoms with Gasteiger partial charge in [0, 0.05) is 22.4 Å². The summed E-state index contributed by atoms with van der Waals surface area (Å²) < 4.78 is 5.08. The Morgan fingerprint density at radius 2 is 1.75 bits per heavy atom. The molecule has 5 heteroatoms. The minimum absolute atomic E-state index is 0.267. The highest BCUT2D eigenvalue weighted by atomic mass is 35.5. The number of hydrogen-bond acceptors (Lipinski definition) is 4. The monoisotopic (exact) mass is 394 g/mol. The second-order valence-electron chi connectivity index (χ2n) is 6.61. The number of aromatic nitrogens is 2. The average Bonchev–Trinajstić information content (AvgIpc) is 2.72. The van der Waals surface area contributed by atoms with Gasteiger partial charge in [-0.2, -0.15) is 0 Å². The number of benzene rings is 2. The van der Waals surface area contributed by atoms with Gasteiger partial charge in [-0.3, -0.25) is 4.79 Å². The van der Waals surface area contributed by atoms with Crippen LogP contribution in [0, 0.1) is 6.92 Å². The molecule has 2 aromatic carbocycles. The second-order valence-corrected chi connectivity index (χ2v) is 7.01. The summed E-state index contributed by atoms with van der Waals surface area (Å²) in [4.78, 5) is 22.1. The van der Waals surface area contributed by atoms with Crippen molar-refractivity contribution in [1.29, 1.82) is 0 Å². The SMILES string of the molecule is CCCC(C(=O)OC)c1c(C)nc(-c2ccccc2Cl)nc1-c1ccccc1. The Morgan fingerprint density at radius 1 is 1.07 bits per heavy atom. The number of hydrogen-bond donors (Lipinski definition) is 0. The van der Waals surface area contributed by atoms with Crippen molar-refractivity contribution < 1.29 is 9.53 Å². The van der Waals surface area contributed by atoms with Crippen molar-refractivity contribution >= 4 is 17.6 Å². The Hall–Kier alpha value is -2.72. The van der Waals surface area contributed by atoms with Crippen LogP contribution in [0.1, 0.15) is 36.9 Å². The minimum Gasteiger partial charge on any atom is -0.469 e. The van der Waals surface area contributed by atoms with Crippen molar-refractivity contribution in [2.45, 2.75) is 32.6 Å². The number of nitrogens with zero attached hydrogens (tertiary/aromatic N) is 2. The Balaban J connectivity index is 2.27. The molecule has 0 spiro atoms. The Morgan fingerprint density at radius 3 is 2.39 bits per heavy atom. The maximum Gasteiger partial charge on any atom is 0.313 e. The molecule has 1 aromatic heterocycles. The number of carbonyl (C=O) groups excluding carboxylic acids is 1. The predicted molar refractivity (Wildman–Crippen MR) is 112 cm³/mol. The van der Waals surface area contributed by atoms with Crippen molar-refractivity contribution in [2.75, 3.05) is 7.11 Å². The normalized spacial score (nSPS) is 11.9. The van der Waals surface area contributed by atoms with Gasteiger partial charge in [0.15, 0.2) is 5.82 Å². The number of methoxy groups -OCH3 is 1. The van der Waals surface area contributed by atoms with E-state index in [2.05, 4.69) is 0 Å². The molecule has 28 heavy (non-hydrogen) atoms. The zero-order valence-corrected chi connectivity index (χ0v) is 17.0. The van der Waals surface area contributed by atoms with Crippen molar-refractivity contribution in [2.24, 2.45) is 0 Å². The maximum atomic E-state index is 12.5. The molecule has 144 valence electrons. The Bertz CT molecular complexity index is 974. The molecule has 0 N–H and O–H groups in total. The van der Waals surface area contributed by atoms with Gasteiger partial charge in [0.05, 0.1) is 23.7 Å². The molecule has 0 bridgehead atoms. The maximum absolute atomic E-state index is 12.5. The van der Waals surface area contributed by atoms with Crippen molar-refractivity contribution in [3.05, 3.63) is 70.9 Å². The van der Waals surface area contributed by atoms with Crippen molar-refractivity contribution in [3.8, 4) is 22.6 Å². The van der Waals surface area contributed by atoms with Crippen molar-refractivity contribution in [3.63, 3.8) is 0 Å². The summed E-state index contributed by atoms with van der Waals surface area (Å²) in [5.74, 6) is -0.132. The molecule has 0 saturated heterocycles. The van der Waals surface area contributed by atoms with Crippen LogP contribution < -0.4 is 0 Å². The molecule has 0 fully saturated rings. The topological polar surface area (TPSA) is 52.1 Å². The average molecular weight is 395 g/mol. The highest BCUT2D eigenvalue weighted by Gasteiger charge is 2.28. The minimum atomic E-state index is -0.412. The van der Waals surface area contributed by atoms with E-state index in [1.165, 1.54) is 7.11 Å². The van der Waals surface area contributed by atoms with E-state index < -0.39 is 5.92 Å². The zero-order valence-electron chi connectivity index (χ0n) is 16.3. The third kappa shape index (κ3) is 4.07. The van der Waals surface area contributed by atoms with Gasteiger partial charge in [0.1, 0.15) is 0 Å². The van der Waals surface area contributed by atoms with Gasteiger partial charge < -0.3 is 4.74 Å². The highest BCUT2D eigenvalue weighted by molar-refractivity contribution is 6.33. The van der Waals surface area contributed by atoms with Gasteiger partial charge in [-0.15, -0.1) is 0 Å². The zero-order chi connectivity index (χ0) is 20.1. The molecular formula is C23H23ClN2O2. The first-order valence-corrected chi connectivity index (χ1v) is 9.71. The second kappa shape index (κ2) is 8.98. The van der Waals surface area contributed by atoms with Crippen LogP contribution in [0.15, 0.2) is 54.6 Å². The molecule has 0 radical (unpaired) electrons. The van der Waals surface area contributed by atoms with Gasteiger partial charge >= 0.3 is 5.97 Å². The first kappa shape index (κ1) is 20.0. The number of halogens is 1. The molecule has 1 heterocycles. The summed E-state index contributed by atoms with van der Waals surface area (Å²) in [6.45, 7) is 3.96. The molecule has 1 unspecified atom stereocenters. The summed E-state index contributed by atoms with van der Waals surface area (Å²) >= 11 is 6.38. The Kier molecular flexibility index (Phi) is 6.42. The number of esters is 1. The quantitative estimate of drug-likeness (QED) is 0.493. The van der Waals surface area contributed by atoms with Crippen LogP contribution in [-0.4, -0.2) is 23.0 Å². The van der Waals surface area contributed by atoms with E-state index in [0.29, 0.717) is 17.3 Å². The van der Waals surface area contributed by atoms with E-state index in [9.17, 15) is 4.79 Å². The largest absolute Gasteiger partial charge is 0.469 e. The number of carbonyl (C=O) groups is 1. The van der Waals surface area contributed by atoms with E-state index in [4.69, 9.17) is 26.3 Å². The molecule has 0 aliphatic rings. The molecule has 0 saturated carbocycles. The van der Waals surface area contributed by atoms with E-state index >= 15 is 0 Å². The lowest BCUT2D eigenvalue weighted by Gasteiger charge is -2.20. The van der Waals surface area contributed by atoms with Crippen molar-refractivity contribution in [1.82, 2.24) is 9.97 Å². The van der Waals surface area contributed by atoms with Crippen LogP contribution in [0.5, 0.6) is 0 Å². The molecule has 1 atom stereocenters. The summed E-state index contributed by atoms with van der Waals surface area (Å²) in [5.41, 5.74) is 4.01. The van der Waals surface area contributed by atoms with Crippen LogP contribution in [-0.2, 0) is 9.53 Å². The van der Waals surface area contributed by atoms with Crippen LogP contribution >= 0.6 is 11.6 Å². The molecule has 4 nitrogen and oxygen atoms in total.